The number of pyridine rings is 1. The Kier molecular flexibility index (Phi) is 3.39. The van der Waals surface area contributed by atoms with Gasteiger partial charge in [-0.25, -0.2) is 4.79 Å². The maximum atomic E-state index is 11.3. The van der Waals surface area contributed by atoms with Crippen molar-refractivity contribution in [2.24, 2.45) is 0 Å². The molecule has 0 saturated carbocycles. The summed E-state index contributed by atoms with van der Waals surface area (Å²) in [6.45, 7) is 1.55. The molecule has 4 nitrogen and oxygen atoms in total. The highest BCUT2D eigenvalue weighted by atomic mass is 16.5. The van der Waals surface area contributed by atoms with E-state index in [1.807, 2.05) is 12.4 Å². The fourth-order valence-electron chi connectivity index (χ4n) is 2.16. The Balaban J connectivity index is 1.93. The SMILES string of the molecule is COC(=O)N1CCC(c2ccncc2)CC1. The summed E-state index contributed by atoms with van der Waals surface area (Å²) in [6, 6.07) is 4.11. The van der Waals surface area contributed by atoms with Crippen LogP contribution in [0.25, 0.3) is 0 Å². The molecular weight excluding hydrogens is 204 g/mol. The second kappa shape index (κ2) is 4.96. The van der Waals surface area contributed by atoms with Gasteiger partial charge in [-0.15, -0.1) is 0 Å². The lowest BCUT2D eigenvalue weighted by Gasteiger charge is -2.31. The van der Waals surface area contributed by atoms with Crippen molar-refractivity contribution in [1.29, 1.82) is 0 Å². The monoisotopic (exact) mass is 220 g/mol. The third kappa shape index (κ3) is 2.32. The van der Waals surface area contributed by atoms with Crippen molar-refractivity contribution in [3.05, 3.63) is 30.1 Å². The number of ether oxygens (including phenoxy) is 1. The molecule has 1 aliphatic heterocycles. The van der Waals surface area contributed by atoms with Gasteiger partial charge in [0.2, 0.25) is 0 Å². The number of hydrogen-bond acceptors (Lipinski definition) is 3. The van der Waals surface area contributed by atoms with E-state index < -0.39 is 0 Å². The molecule has 2 rings (SSSR count). The maximum absolute atomic E-state index is 11.3. The largest absolute Gasteiger partial charge is 0.453 e. The Labute approximate surface area is 95.2 Å². The van der Waals surface area contributed by atoms with E-state index in [1.165, 1.54) is 12.7 Å². The highest BCUT2D eigenvalue weighted by molar-refractivity contribution is 5.67. The number of amides is 1. The van der Waals surface area contributed by atoms with E-state index in [0.717, 1.165) is 25.9 Å². The molecule has 0 bridgehead atoms. The minimum Gasteiger partial charge on any atom is -0.453 e. The van der Waals surface area contributed by atoms with Crippen LogP contribution in [0.3, 0.4) is 0 Å². The molecule has 0 aliphatic carbocycles. The molecule has 0 unspecified atom stereocenters. The normalized spacial score (nSPS) is 17.2. The number of methoxy groups -OCH3 is 1. The van der Waals surface area contributed by atoms with Gasteiger partial charge in [0.25, 0.3) is 0 Å². The first-order valence-corrected chi connectivity index (χ1v) is 5.54. The molecule has 1 aromatic heterocycles. The standard InChI is InChI=1S/C12H16N2O2/c1-16-12(15)14-8-4-11(5-9-14)10-2-6-13-7-3-10/h2-3,6-7,11H,4-5,8-9H2,1H3. The van der Waals surface area contributed by atoms with Crippen LogP contribution in [0.1, 0.15) is 24.3 Å². The van der Waals surface area contributed by atoms with Crippen LogP contribution in [-0.4, -0.2) is 36.2 Å². The topological polar surface area (TPSA) is 42.4 Å². The van der Waals surface area contributed by atoms with Gasteiger partial charge in [-0.2, -0.15) is 0 Å². The number of carbonyl (C=O) groups is 1. The summed E-state index contributed by atoms with van der Waals surface area (Å²) < 4.78 is 4.71. The lowest BCUT2D eigenvalue weighted by atomic mass is 9.90. The third-order valence-electron chi connectivity index (χ3n) is 3.11. The predicted octanol–water partition coefficient (Wildman–Crippen LogP) is 2.03. The summed E-state index contributed by atoms with van der Waals surface area (Å²) in [5.41, 5.74) is 1.32. The number of aromatic nitrogens is 1. The van der Waals surface area contributed by atoms with E-state index in [0.29, 0.717) is 5.92 Å². The van der Waals surface area contributed by atoms with Crippen LogP contribution < -0.4 is 0 Å². The molecule has 2 heterocycles. The zero-order valence-electron chi connectivity index (χ0n) is 9.43. The van der Waals surface area contributed by atoms with Crippen LogP contribution in [0.2, 0.25) is 0 Å². The molecule has 1 fully saturated rings. The van der Waals surface area contributed by atoms with Crippen LogP contribution in [0, 0.1) is 0 Å². The molecule has 16 heavy (non-hydrogen) atoms. The van der Waals surface area contributed by atoms with Crippen LogP contribution >= 0.6 is 0 Å². The molecule has 4 heteroatoms. The fourth-order valence-corrected chi connectivity index (χ4v) is 2.16. The van der Waals surface area contributed by atoms with Gasteiger partial charge in [0.15, 0.2) is 0 Å². The van der Waals surface area contributed by atoms with Crippen molar-refractivity contribution >= 4 is 6.09 Å². The Morgan fingerprint density at radius 3 is 2.56 bits per heavy atom. The number of nitrogens with zero attached hydrogens (tertiary/aromatic N) is 2. The van der Waals surface area contributed by atoms with Gasteiger partial charge >= 0.3 is 6.09 Å². The highest BCUT2D eigenvalue weighted by Gasteiger charge is 2.23. The van der Waals surface area contributed by atoms with Crippen LogP contribution in [0.15, 0.2) is 24.5 Å². The van der Waals surface area contributed by atoms with E-state index in [9.17, 15) is 4.79 Å². The molecule has 0 radical (unpaired) electrons. The molecule has 1 aromatic rings. The Hall–Kier alpha value is -1.58. The summed E-state index contributed by atoms with van der Waals surface area (Å²) in [4.78, 5) is 17.1. The van der Waals surface area contributed by atoms with Gasteiger partial charge in [-0.1, -0.05) is 0 Å². The van der Waals surface area contributed by atoms with Crippen molar-refractivity contribution in [1.82, 2.24) is 9.88 Å². The number of piperidine rings is 1. The highest BCUT2D eigenvalue weighted by Crippen LogP contribution is 2.27. The quantitative estimate of drug-likeness (QED) is 0.727. The van der Waals surface area contributed by atoms with Crippen molar-refractivity contribution in [2.75, 3.05) is 20.2 Å². The molecule has 1 saturated heterocycles. The zero-order chi connectivity index (χ0) is 11.4. The van der Waals surface area contributed by atoms with Gasteiger partial charge in [0, 0.05) is 25.5 Å². The molecule has 1 amide bonds. The maximum Gasteiger partial charge on any atom is 0.409 e. The minimum atomic E-state index is -0.215. The molecule has 1 aliphatic rings. The second-order valence-corrected chi connectivity index (χ2v) is 4.01. The van der Waals surface area contributed by atoms with E-state index in [2.05, 4.69) is 17.1 Å². The Bertz CT molecular complexity index is 345. The lowest BCUT2D eigenvalue weighted by molar-refractivity contribution is 0.112. The molecule has 86 valence electrons. The summed E-state index contributed by atoms with van der Waals surface area (Å²) in [7, 11) is 1.43. The van der Waals surface area contributed by atoms with Gasteiger partial charge in [0.1, 0.15) is 0 Å². The smallest absolute Gasteiger partial charge is 0.409 e. The van der Waals surface area contributed by atoms with E-state index in [-0.39, 0.29) is 6.09 Å². The van der Waals surface area contributed by atoms with Gasteiger partial charge < -0.3 is 9.64 Å². The minimum absolute atomic E-state index is 0.215. The van der Waals surface area contributed by atoms with Crippen LogP contribution in [0.5, 0.6) is 0 Å². The first kappa shape index (κ1) is 10.9. The van der Waals surface area contributed by atoms with E-state index >= 15 is 0 Å². The van der Waals surface area contributed by atoms with Crippen molar-refractivity contribution in [3.63, 3.8) is 0 Å². The molecular formula is C12H16N2O2. The summed E-state index contributed by atoms with van der Waals surface area (Å²) >= 11 is 0. The van der Waals surface area contributed by atoms with Gasteiger partial charge in [0.05, 0.1) is 7.11 Å². The second-order valence-electron chi connectivity index (χ2n) is 4.01. The van der Waals surface area contributed by atoms with Crippen LogP contribution in [0.4, 0.5) is 4.79 Å². The number of rotatable bonds is 1. The Morgan fingerprint density at radius 1 is 1.38 bits per heavy atom. The predicted molar refractivity (Wildman–Crippen MR) is 60.2 cm³/mol. The molecule has 0 aromatic carbocycles. The molecule has 0 spiro atoms. The number of carbonyl (C=O) groups excluding carboxylic acids is 1. The average Bonchev–Trinajstić information content (AvgIpc) is 2.39. The summed E-state index contributed by atoms with van der Waals surface area (Å²) in [6.07, 6.45) is 5.43. The Morgan fingerprint density at radius 2 is 2.00 bits per heavy atom. The molecule has 0 N–H and O–H groups in total. The summed E-state index contributed by atoms with van der Waals surface area (Å²) in [5.74, 6) is 0.545. The molecule has 0 atom stereocenters. The van der Waals surface area contributed by atoms with Crippen molar-refractivity contribution in [3.8, 4) is 0 Å². The van der Waals surface area contributed by atoms with E-state index in [4.69, 9.17) is 4.74 Å². The average molecular weight is 220 g/mol. The third-order valence-corrected chi connectivity index (χ3v) is 3.11. The summed E-state index contributed by atoms with van der Waals surface area (Å²) in [5, 5.41) is 0. The van der Waals surface area contributed by atoms with Crippen LogP contribution in [-0.2, 0) is 4.74 Å². The van der Waals surface area contributed by atoms with Gasteiger partial charge in [-0.05, 0) is 36.5 Å². The zero-order valence-corrected chi connectivity index (χ0v) is 9.43. The van der Waals surface area contributed by atoms with Gasteiger partial charge in [-0.3, -0.25) is 4.98 Å². The van der Waals surface area contributed by atoms with E-state index in [1.54, 1.807) is 4.90 Å². The number of hydrogen-bond donors (Lipinski definition) is 0. The first-order valence-electron chi connectivity index (χ1n) is 5.54. The number of likely N-dealkylation sites (tertiary alicyclic amines) is 1. The van der Waals surface area contributed by atoms with Crippen molar-refractivity contribution in [2.45, 2.75) is 18.8 Å². The van der Waals surface area contributed by atoms with Crippen molar-refractivity contribution < 1.29 is 9.53 Å². The fraction of sp³-hybridized carbons (Fsp3) is 0.500. The lowest BCUT2D eigenvalue weighted by Crippen LogP contribution is -2.37. The first-order chi connectivity index (χ1) is 7.81.